The Morgan fingerprint density at radius 2 is 2.00 bits per heavy atom. The summed E-state index contributed by atoms with van der Waals surface area (Å²) in [7, 11) is 0. The fourth-order valence-electron chi connectivity index (χ4n) is 2.12. The van der Waals surface area contributed by atoms with Crippen molar-refractivity contribution in [3.63, 3.8) is 0 Å². The van der Waals surface area contributed by atoms with Crippen molar-refractivity contribution < 1.29 is 4.79 Å². The van der Waals surface area contributed by atoms with Crippen molar-refractivity contribution in [3.8, 4) is 0 Å². The number of nitrogens with one attached hydrogen (secondary N) is 1. The van der Waals surface area contributed by atoms with Gasteiger partial charge in [-0.1, -0.05) is 25.4 Å². The first-order valence-electron chi connectivity index (χ1n) is 7.38. The Kier molecular flexibility index (Phi) is 6.99. The molecule has 0 atom stereocenters. The van der Waals surface area contributed by atoms with Crippen LogP contribution >= 0.6 is 11.6 Å². The number of nitrogens with zero attached hydrogens (tertiary/aromatic N) is 1. The maximum atomic E-state index is 12.0. The lowest BCUT2D eigenvalue weighted by Gasteiger charge is -2.27. The van der Waals surface area contributed by atoms with Crippen LogP contribution < -0.4 is 11.1 Å². The van der Waals surface area contributed by atoms with Crippen LogP contribution in [0.15, 0.2) is 18.2 Å². The lowest BCUT2D eigenvalue weighted by Crippen LogP contribution is -2.36. The lowest BCUT2D eigenvalue weighted by molar-refractivity contribution is -0.116. The second-order valence-electron chi connectivity index (χ2n) is 6.02. The molecule has 5 heteroatoms. The maximum absolute atomic E-state index is 12.0. The van der Waals surface area contributed by atoms with Crippen LogP contribution in [0.25, 0.3) is 0 Å². The molecule has 0 aromatic heterocycles. The number of halogens is 1. The Bertz CT molecular complexity index is 475. The highest BCUT2D eigenvalue weighted by Crippen LogP contribution is 2.22. The number of anilines is 2. The molecule has 0 spiro atoms. The number of hydrogen-bond acceptors (Lipinski definition) is 3. The van der Waals surface area contributed by atoms with E-state index >= 15 is 0 Å². The molecule has 0 aliphatic carbocycles. The minimum atomic E-state index is -0.00821. The molecule has 1 aromatic rings. The molecule has 0 unspecified atom stereocenters. The third-order valence-corrected chi connectivity index (χ3v) is 3.58. The molecule has 0 saturated heterocycles. The quantitative estimate of drug-likeness (QED) is 0.756. The number of nitrogen functional groups attached to an aromatic ring is 1. The SMILES string of the molecule is CC(C)CN(CCC(=O)Nc1ccc(Cl)c(N)c1)C(C)C. The first-order chi connectivity index (χ1) is 9.79. The Hall–Kier alpha value is -1.26. The van der Waals surface area contributed by atoms with Gasteiger partial charge >= 0.3 is 0 Å². The number of carbonyl (C=O) groups is 1. The highest BCUT2D eigenvalue weighted by molar-refractivity contribution is 6.33. The van der Waals surface area contributed by atoms with Crippen molar-refractivity contribution in [2.45, 2.75) is 40.2 Å². The summed E-state index contributed by atoms with van der Waals surface area (Å²) < 4.78 is 0. The molecule has 0 fully saturated rings. The fraction of sp³-hybridized carbons (Fsp3) is 0.562. The average Bonchev–Trinajstić information content (AvgIpc) is 2.38. The van der Waals surface area contributed by atoms with E-state index in [0.29, 0.717) is 34.8 Å². The summed E-state index contributed by atoms with van der Waals surface area (Å²) in [6.45, 7) is 10.4. The van der Waals surface area contributed by atoms with Gasteiger partial charge in [-0.15, -0.1) is 0 Å². The molecule has 3 N–H and O–H groups in total. The van der Waals surface area contributed by atoms with E-state index in [9.17, 15) is 4.79 Å². The van der Waals surface area contributed by atoms with E-state index in [0.717, 1.165) is 13.1 Å². The molecule has 118 valence electrons. The summed E-state index contributed by atoms with van der Waals surface area (Å²) in [4.78, 5) is 14.3. The predicted octanol–water partition coefficient (Wildman–Crippen LogP) is 3.62. The fourth-order valence-corrected chi connectivity index (χ4v) is 2.24. The molecular weight excluding hydrogens is 286 g/mol. The van der Waals surface area contributed by atoms with Crippen LogP contribution in [0.3, 0.4) is 0 Å². The van der Waals surface area contributed by atoms with E-state index in [2.05, 4.69) is 37.9 Å². The zero-order chi connectivity index (χ0) is 16.0. The number of amides is 1. The van der Waals surface area contributed by atoms with Crippen molar-refractivity contribution in [2.75, 3.05) is 24.1 Å². The normalized spacial score (nSPS) is 11.4. The van der Waals surface area contributed by atoms with Gasteiger partial charge in [0.25, 0.3) is 0 Å². The van der Waals surface area contributed by atoms with Crippen molar-refractivity contribution in [1.29, 1.82) is 0 Å². The zero-order valence-electron chi connectivity index (χ0n) is 13.3. The first-order valence-corrected chi connectivity index (χ1v) is 7.76. The minimum Gasteiger partial charge on any atom is -0.397 e. The third-order valence-electron chi connectivity index (χ3n) is 3.24. The van der Waals surface area contributed by atoms with E-state index in [1.165, 1.54) is 0 Å². The standard InChI is InChI=1S/C16H26ClN3O/c1-11(2)10-20(12(3)4)8-7-16(21)19-13-5-6-14(17)15(18)9-13/h5-6,9,11-12H,7-8,10,18H2,1-4H3,(H,19,21). The van der Waals surface area contributed by atoms with Crippen molar-refractivity contribution >= 4 is 28.9 Å². The van der Waals surface area contributed by atoms with Crippen LogP contribution in [0.2, 0.25) is 5.02 Å². The molecule has 1 amide bonds. The summed E-state index contributed by atoms with van der Waals surface area (Å²) in [5, 5.41) is 3.35. The Labute approximate surface area is 132 Å². The van der Waals surface area contributed by atoms with Gasteiger partial charge in [0.15, 0.2) is 0 Å². The number of rotatable bonds is 7. The summed E-state index contributed by atoms with van der Waals surface area (Å²) >= 11 is 5.86. The zero-order valence-corrected chi connectivity index (χ0v) is 14.1. The van der Waals surface area contributed by atoms with Gasteiger partial charge in [0.1, 0.15) is 0 Å². The molecule has 21 heavy (non-hydrogen) atoms. The Morgan fingerprint density at radius 3 is 2.52 bits per heavy atom. The number of carbonyl (C=O) groups excluding carboxylic acids is 1. The summed E-state index contributed by atoms with van der Waals surface area (Å²) in [5.74, 6) is 0.581. The van der Waals surface area contributed by atoms with E-state index in [1.807, 2.05) is 0 Å². The highest BCUT2D eigenvalue weighted by atomic mass is 35.5. The molecule has 0 aliphatic rings. The van der Waals surface area contributed by atoms with Gasteiger partial charge in [0, 0.05) is 31.2 Å². The van der Waals surface area contributed by atoms with Gasteiger partial charge in [-0.25, -0.2) is 0 Å². The van der Waals surface area contributed by atoms with Crippen LogP contribution in [0.5, 0.6) is 0 Å². The van der Waals surface area contributed by atoms with Gasteiger partial charge in [0.05, 0.1) is 10.7 Å². The molecule has 0 radical (unpaired) electrons. The molecule has 0 saturated carbocycles. The summed E-state index contributed by atoms with van der Waals surface area (Å²) in [6.07, 6.45) is 0.466. The number of benzene rings is 1. The Morgan fingerprint density at radius 1 is 1.33 bits per heavy atom. The number of nitrogens with two attached hydrogens (primary N) is 1. The van der Waals surface area contributed by atoms with Gasteiger partial charge in [-0.05, 0) is 38.0 Å². The second-order valence-corrected chi connectivity index (χ2v) is 6.42. The monoisotopic (exact) mass is 311 g/mol. The summed E-state index contributed by atoms with van der Waals surface area (Å²) in [6, 6.07) is 5.55. The van der Waals surface area contributed by atoms with E-state index < -0.39 is 0 Å². The molecule has 0 aliphatic heterocycles. The second kappa shape index (κ2) is 8.25. The minimum absolute atomic E-state index is 0.00821. The van der Waals surface area contributed by atoms with Crippen molar-refractivity contribution in [3.05, 3.63) is 23.2 Å². The molecule has 1 rings (SSSR count). The molecular formula is C16H26ClN3O. The van der Waals surface area contributed by atoms with E-state index in [-0.39, 0.29) is 5.91 Å². The van der Waals surface area contributed by atoms with Crippen LogP contribution in [-0.2, 0) is 4.79 Å². The molecule has 0 bridgehead atoms. The van der Waals surface area contributed by atoms with Crippen molar-refractivity contribution in [2.24, 2.45) is 5.92 Å². The number of hydrogen-bond donors (Lipinski definition) is 2. The maximum Gasteiger partial charge on any atom is 0.225 e. The largest absolute Gasteiger partial charge is 0.397 e. The van der Waals surface area contributed by atoms with Crippen LogP contribution in [0, 0.1) is 5.92 Å². The predicted molar refractivity (Wildman–Crippen MR) is 90.7 cm³/mol. The van der Waals surface area contributed by atoms with Gasteiger partial charge < -0.3 is 16.0 Å². The smallest absolute Gasteiger partial charge is 0.225 e. The van der Waals surface area contributed by atoms with Gasteiger partial charge in [-0.3, -0.25) is 4.79 Å². The molecule has 1 aromatic carbocycles. The van der Waals surface area contributed by atoms with Crippen LogP contribution in [-0.4, -0.2) is 29.9 Å². The van der Waals surface area contributed by atoms with E-state index in [1.54, 1.807) is 18.2 Å². The highest BCUT2D eigenvalue weighted by Gasteiger charge is 2.13. The van der Waals surface area contributed by atoms with Crippen LogP contribution in [0.4, 0.5) is 11.4 Å². The van der Waals surface area contributed by atoms with E-state index in [4.69, 9.17) is 17.3 Å². The third kappa shape index (κ3) is 6.36. The van der Waals surface area contributed by atoms with Gasteiger partial charge in [0.2, 0.25) is 5.91 Å². The molecule has 0 heterocycles. The lowest BCUT2D eigenvalue weighted by atomic mass is 10.1. The Balaban J connectivity index is 2.50. The van der Waals surface area contributed by atoms with Crippen molar-refractivity contribution in [1.82, 2.24) is 4.90 Å². The topological polar surface area (TPSA) is 58.4 Å². The molecule has 4 nitrogen and oxygen atoms in total. The summed E-state index contributed by atoms with van der Waals surface area (Å²) in [5.41, 5.74) is 6.87. The first kappa shape index (κ1) is 17.8. The average molecular weight is 312 g/mol. The van der Waals surface area contributed by atoms with Gasteiger partial charge in [-0.2, -0.15) is 0 Å². The van der Waals surface area contributed by atoms with Crippen LogP contribution in [0.1, 0.15) is 34.1 Å².